The molecule has 0 atom stereocenters. The Morgan fingerprint density at radius 2 is 1.22 bits per heavy atom. The van der Waals surface area contributed by atoms with Crippen LogP contribution in [0, 0.1) is 5.82 Å². The van der Waals surface area contributed by atoms with E-state index in [-0.39, 0.29) is 5.82 Å². The third-order valence-electron chi connectivity index (χ3n) is 2.58. The molecular weight excluding hydrogens is 247 g/mol. The van der Waals surface area contributed by atoms with Crippen molar-refractivity contribution in [2.24, 2.45) is 0 Å². The van der Waals surface area contributed by atoms with Gasteiger partial charge in [0.1, 0.15) is 17.3 Å². The van der Waals surface area contributed by atoms with Gasteiger partial charge < -0.3 is 4.74 Å². The van der Waals surface area contributed by atoms with Crippen molar-refractivity contribution in [3.63, 3.8) is 0 Å². The molecule has 0 saturated carbocycles. The van der Waals surface area contributed by atoms with Crippen LogP contribution in [0.3, 0.4) is 0 Å². The van der Waals surface area contributed by atoms with Gasteiger partial charge >= 0.3 is 0 Å². The van der Waals surface area contributed by atoms with Gasteiger partial charge in [-0.3, -0.25) is 0 Å². The summed E-state index contributed by atoms with van der Waals surface area (Å²) >= 11 is 0. The molecule has 0 heterocycles. The zero-order valence-corrected chi connectivity index (χ0v) is 11.6. The molecule has 0 aromatic heterocycles. The topological polar surface area (TPSA) is 9.23 Å². The Labute approximate surface area is 109 Å². The SMILES string of the molecule is CS(C)(C)c1ccc(Oc2ccc(F)cc2)cc1. The van der Waals surface area contributed by atoms with Crippen LogP contribution in [0.5, 0.6) is 11.5 Å². The second-order valence-corrected chi connectivity index (χ2v) is 9.01. The summed E-state index contributed by atoms with van der Waals surface area (Å²) in [6.07, 6.45) is 6.76. The number of halogens is 1. The molecule has 0 bridgehead atoms. The van der Waals surface area contributed by atoms with E-state index in [2.05, 4.69) is 30.9 Å². The molecule has 0 radical (unpaired) electrons. The molecule has 18 heavy (non-hydrogen) atoms. The number of hydrogen-bond acceptors (Lipinski definition) is 1. The van der Waals surface area contributed by atoms with E-state index < -0.39 is 10.0 Å². The van der Waals surface area contributed by atoms with Gasteiger partial charge in [-0.1, -0.05) is 0 Å². The van der Waals surface area contributed by atoms with Gasteiger partial charge in [-0.2, -0.15) is 0 Å². The average molecular weight is 264 g/mol. The van der Waals surface area contributed by atoms with Crippen LogP contribution in [0.25, 0.3) is 0 Å². The molecule has 0 aliphatic carbocycles. The number of hydrogen-bond donors (Lipinski definition) is 0. The molecular formula is C15H17FOS. The van der Waals surface area contributed by atoms with Crippen molar-refractivity contribution >= 4 is 10.0 Å². The zero-order valence-electron chi connectivity index (χ0n) is 10.8. The first kappa shape index (κ1) is 13.0. The van der Waals surface area contributed by atoms with Crippen LogP contribution in [0.4, 0.5) is 4.39 Å². The monoisotopic (exact) mass is 264 g/mol. The molecule has 2 aromatic carbocycles. The van der Waals surface area contributed by atoms with E-state index in [0.29, 0.717) is 5.75 Å². The summed E-state index contributed by atoms with van der Waals surface area (Å²) < 4.78 is 18.4. The van der Waals surface area contributed by atoms with Crippen molar-refractivity contribution in [3.05, 3.63) is 54.3 Å². The van der Waals surface area contributed by atoms with Gasteiger partial charge in [0.25, 0.3) is 0 Å². The molecule has 2 rings (SSSR count). The third kappa shape index (κ3) is 3.26. The van der Waals surface area contributed by atoms with Crippen LogP contribution in [-0.2, 0) is 0 Å². The third-order valence-corrected chi connectivity index (χ3v) is 4.27. The maximum absolute atomic E-state index is 12.8. The van der Waals surface area contributed by atoms with Crippen LogP contribution in [0.2, 0.25) is 0 Å². The first-order valence-electron chi connectivity index (χ1n) is 5.67. The first-order chi connectivity index (χ1) is 8.45. The van der Waals surface area contributed by atoms with Gasteiger partial charge in [0, 0.05) is 0 Å². The Hall–Kier alpha value is -1.48. The number of ether oxygens (including phenoxy) is 1. The van der Waals surface area contributed by atoms with E-state index in [1.54, 1.807) is 12.1 Å². The van der Waals surface area contributed by atoms with Crippen LogP contribution in [0.15, 0.2) is 53.4 Å². The summed E-state index contributed by atoms with van der Waals surface area (Å²) in [5, 5.41) is 0. The fourth-order valence-corrected chi connectivity index (χ4v) is 2.51. The molecule has 0 N–H and O–H groups in total. The maximum Gasteiger partial charge on any atom is 0.127 e. The highest BCUT2D eigenvalue weighted by Crippen LogP contribution is 2.45. The lowest BCUT2D eigenvalue weighted by Gasteiger charge is -2.25. The van der Waals surface area contributed by atoms with Crippen LogP contribution in [-0.4, -0.2) is 18.8 Å². The molecule has 0 aliphatic rings. The predicted molar refractivity (Wildman–Crippen MR) is 76.5 cm³/mol. The first-order valence-corrected chi connectivity index (χ1v) is 8.53. The molecule has 1 nitrogen and oxygen atoms in total. The summed E-state index contributed by atoms with van der Waals surface area (Å²) in [6.45, 7) is 0. The smallest absolute Gasteiger partial charge is 0.127 e. The van der Waals surface area contributed by atoms with Gasteiger partial charge in [0.2, 0.25) is 0 Å². The molecule has 0 fully saturated rings. The van der Waals surface area contributed by atoms with Crippen molar-refractivity contribution in [3.8, 4) is 11.5 Å². The van der Waals surface area contributed by atoms with Crippen molar-refractivity contribution in [1.82, 2.24) is 0 Å². The highest BCUT2D eigenvalue weighted by molar-refractivity contribution is 8.32. The normalized spacial score (nSPS) is 12.2. The Bertz CT molecular complexity index is 512. The molecule has 96 valence electrons. The van der Waals surface area contributed by atoms with Crippen LogP contribution < -0.4 is 4.74 Å². The van der Waals surface area contributed by atoms with E-state index in [4.69, 9.17) is 4.74 Å². The van der Waals surface area contributed by atoms with Crippen molar-refractivity contribution < 1.29 is 9.13 Å². The lowest BCUT2D eigenvalue weighted by Crippen LogP contribution is -1.92. The lowest BCUT2D eigenvalue weighted by molar-refractivity contribution is 0.480. The van der Waals surface area contributed by atoms with Crippen molar-refractivity contribution in [1.29, 1.82) is 0 Å². The lowest BCUT2D eigenvalue weighted by atomic mass is 10.3. The molecule has 0 aliphatic heterocycles. The molecule has 0 saturated heterocycles. The summed E-state index contributed by atoms with van der Waals surface area (Å²) in [5.41, 5.74) is 0. The molecule has 0 unspecified atom stereocenters. The summed E-state index contributed by atoms with van der Waals surface area (Å²) in [6, 6.07) is 14.1. The maximum atomic E-state index is 12.8. The fourth-order valence-electron chi connectivity index (χ4n) is 1.55. The van der Waals surface area contributed by atoms with E-state index >= 15 is 0 Å². The van der Waals surface area contributed by atoms with Crippen molar-refractivity contribution in [2.45, 2.75) is 4.90 Å². The van der Waals surface area contributed by atoms with Crippen molar-refractivity contribution in [2.75, 3.05) is 18.8 Å². The second-order valence-electron chi connectivity index (χ2n) is 4.86. The highest BCUT2D eigenvalue weighted by atomic mass is 32.3. The standard InChI is InChI=1S/C15H17FOS/c1-18(2,3)15-10-8-14(9-11-15)17-13-6-4-12(16)5-7-13/h4-11H,1-3H3. The minimum atomic E-state index is -0.703. The Kier molecular flexibility index (Phi) is 3.62. The zero-order chi connectivity index (χ0) is 13.2. The predicted octanol–water partition coefficient (Wildman–Crippen LogP) is 4.67. The number of rotatable bonds is 3. The Balaban J connectivity index is 2.13. The van der Waals surface area contributed by atoms with Gasteiger partial charge in [-0.25, -0.2) is 14.4 Å². The van der Waals surface area contributed by atoms with Gasteiger partial charge in [-0.15, -0.1) is 0 Å². The van der Waals surface area contributed by atoms with Crippen LogP contribution in [0.1, 0.15) is 0 Å². The minimum absolute atomic E-state index is 0.256. The molecule has 3 heteroatoms. The van der Waals surface area contributed by atoms with Gasteiger partial charge in [-0.05, 0) is 72.2 Å². The van der Waals surface area contributed by atoms with Gasteiger partial charge in [0.05, 0.1) is 0 Å². The second kappa shape index (κ2) is 5.02. The molecule has 0 spiro atoms. The van der Waals surface area contributed by atoms with Crippen LogP contribution >= 0.6 is 10.0 Å². The molecule has 0 amide bonds. The average Bonchev–Trinajstić information content (AvgIpc) is 2.32. The highest BCUT2D eigenvalue weighted by Gasteiger charge is 2.07. The minimum Gasteiger partial charge on any atom is -0.457 e. The van der Waals surface area contributed by atoms with Gasteiger partial charge in [0.15, 0.2) is 0 Å². The summed E-state index contributed by atoms with van der Waals surface area (Å²) in [7, 11) is -0.703. The fraction of sp³-hybridized carbons (Fsp3) is 0.200. The van der Waals surface area contributed by atoms with E-state index in [0.717, 1.165) is 5.75 Å². The Morgan fingerprint density at radius 1 is 0.778 bits per heavy atom. The number of benzene rings is 2. The quantitative estimate of drug-likeness (QED) is 0.782. The van der Waals surface area contributed by atoms with E-state index in [1.807, 2.05) is 12.1 Å². The molecule has 2 aromatic rings. The van der Waals surface area contributed by atoms with E-state index in [1.165, 1.54) is 17.0 Å². The van der Waals surface area contributed by atoms with E-state index in [9.17, 15) is 4.39 Å². The largest absolute Gasteiger partial charge is 0.457 e. The summed E-state index contributed by atoms with van der Waals surface area (Å²) in [5.74, 6) is 1.16. The summed E-state index contributed by atoms with van der Waals surface area (Å²) in [4.78, 5) is 1.34. The Morgan fingerprint density at radius 3 is 1.67 bits per heavy atom.